The topological polar surface area (TPSA) is 59.2 Å². The van der Waals surface area contributed by atoms with E-state index >= 15 is 0 Å². The third-order valence-electron chi connectivity index (χ3n) is 5.09. The Morgan fingerprint density at radius 2 is 1.84 bits per heavy atom. The summed E-state index contributed by atoms with van der Waals surface area (Å²) < 4.78 is 45.2. The third-order valence-corrected chi connectivity index (χ3v) is 5.35. The summed E-state index contributed by atoms with van der Waals surface area (Å²) in [7, 11) is 0. The lowest BCUT2D eigenvalue weighted by molar-refractivity contribution is -0.140. The first-order valence-corrected chi connectivity index (χ1v) is 10.2. The molecule has 1 aliphatic rings. The summed E-state index contributed by atoms with van der Waals surface area (Å²) in [6.45, 7) is -0.0704. The molecule has 4 rings (SSSR count). The lowest BCUT2D eigenvalue weighted by atomic mass is 10.1. The van der Waals surface area contributed by atoms with E-state index in [0.29, 0.717) is 16.7 Å². The number of aryl methyl sites for hydroxylation is 1. The fraction of sp³-hybridized carbons (Fsp3) is 0.318. The van der Waals surface area contributed by atoms with Gasteiger partial charge in [-0.3, -0.25) is 4.79 Å². The Morgan fingerprint density at radius 3 is 2.52 bits per heavy atom. The van der Waals surface area contributed by atoms with Gasteiger partial charge in [0.2, 0.25) is 17.6 Å². The number of rotatable bonds is 7. The van der Waals surface area contributed by atoms with E-state index in [0.717, 1.165) is 24.5 Å². The summed E-state index contributed by atoms with van der Waals surface area (Å²) in [5.41, 5.74) is 0.116. The highest BCUT2D eigenvalue weighted by molar-refractivity contribution is 6.30. The first-order valence-electron chi connectivity index (χ1n) is 9.84. The summed E-state index contributed by atoms with van der Waals surface area (Å²) in [5.74, 6) is 0.452. The van der Waals surface area contributed by atoms with Crippen LogP contribution >= 0.6 is 11.6 Å². The van der Waals surface area contributed by atoms with Crippen LogP contribution in [-0.4, -0.2) is 27.0 Å². The average Bonchev–Trinajstić information content (AvgIpc) is 3.47. The van der Waals surface area contributed by atoms with Crippen molar-refractivity contribution in [3.63, 3.8) is 0 Å². The Morgan fingerprint density at radius 1 is 1.13 bits per heavy atom. The zero-order valence-electron chi connectivity index (χ0n) is 16.4. The largest absolute Gasteiger partial charge is 0.416 e. The molecule has 3 aromatic rings. The van der Waals surface area contributed by atoms with Crippen LogP contribution in [0.3, 0.4) is 0 Å². The van der Waals surface area contributed by atoms with E-state index in [1.807, 2.05) is 0 Å². The first-order chi connectivity index (χ1) is 14.8. The zero-order valence-corrected chi connectivity index (χ0v) is 17.2. The van der Waals surface area contributed by atoms with Crippen molar-refractivity contribution in [2.45, 2.75) is 44.4 Å². The number of alkyl halides is 3. The number of carbonyl (C=O) groups is 1. The van der Waals surface area contributed by atoms with Gasteiger partial charge in [0, 0.05) is 36.0 Å². The van der Waals surface area contributed by atoms with E-state index in [1.165, 1.54) is 17.0 Å². The molecule has 1 heterocycles. The molecule has 0 unspecified atom stereocenters. The number of halogens is 4. The second-order valence-corrected chi connectivity index (χ2v) is 7.86. The second-order valence-electron chi connectivity index (χ2n) is 7.43. The molecule has 9 heteroatoms. The van der Waals surface area contributed by atoms with E-state index in [-0.39, 0.29) is 36.9 Å². The average molecular weight is 450 g/mol. The Balaban J connectivity index is 1.42. The number of nitrogens with zero attached hydrogens (tertiary/aromatic N) is 3. The van der Waals surface area contributed by atoms with Crippen LogP contribution in [-0.2, 0) is 23.9 Å². The van der Waals surface area contributed by atoms with Crippen molar-refractivity contribution in [1.82, 2.24) is 15.0 Å². The molecule has 1 amide bonds. The van der Waals surface area contributed by atoms with E-state index < -0.39 is 11.7 Å². The number of benzene rings is 2. The normalized spacial score (nSPS) is 13.9. The van der Waals surface area contributed by atoms with Crippen molar-refractivity contribution in [2.24, 2.45) is 0 Å². The minimum absolute atomic E-state index is 0.0268. The van der Waals surface area contributed by atoms with Crippen molar-refractivity contribution in [2.75, 3.05) is 0 Å². The fourth-order valence-corrected chi connectivity index (χ4v) is 3.48. The number of hydrogen-bond donors (Lipinski definition) is 0. The molecule has 5 nitrogen and oxygen atoms in total. The van der Waals surface area contributed by atoms with Gasteiger partial charge in [0.25, 0.3) is 0 Å². The van der Waals surface area contributed by atoms with Crippen LogP contribution < -0.4 is 0 Å². The Labute approximate surface area is 181 Å². The molecule has 1 fully saturated rings. The van der Waals surface area contributed by atoms with Crippen LogP contribution in [0.25, 0.3) is 11.4 Å². The summed E-state index contributed by atoms with van der Waals surface area (Å²) in [6.07, 6.45) is -2.59. The predicted molar refractivity (Wildman–Crippen MR) is 108 cm³/mol. The van der Waals surface area contributed by atoms with Gasteiger partial charge in [-0.2, -0.15) is 18.2 Å². The fourth-order valence-electron chi connectivity index (χ4n) is 3.36. The molecule has 1 saturated carbocycles. The highest BCUT2D eigenvalue weighted by Gasteiger charge is 2.37. The molecular weight excluding hydrogens is 431 g/mol. The minimum atomic E-state index is -4.46. The Bertz CT molecular complexity index is 1060. The highest BCUT2D eigenvalue weighted by atomic mass is 35.5. The van der Waals surface area contributed by atoms with E-state index in [1.54, 1.807) is 30.3 Å². The third kappa shape index (κ3) is 5.25. The van der Waals surface area contributed by atoms with Gasteiger partial charge in [-0.1, -0.05) is 35.0 Å². The molecule has 0 saturated heterocycles. The summed E-state index contributed by atoms with van der Waals surface area (Å²) >= 11 is 5.87. The van der Waals surface area contributed by atoms with Crippen LogP contribution in [0.1, 0.15) is 36.3 Å². The maximum Gasteiger partial charge on any atom is 0.416 e. The van der Waals surface area contributed by atoms with Crippen LogP contribution in [0, 0.1) is 0 Å². The molecule has 0 radical (unpaired) electrons. The lowest BCUT2D eigenvalue weighted by Gasteiger charge is -2.24. The summed E-state index contributed by atoms with van der Waals surface area (Å²) in [5, 5.41) is 4.50. The van der Waals surface area contributed by atoms with E-state index in [2.05, 4.69) is 10.1 Å². The second kappa shape index (κ2) is 8.70. The molecule has 2 aromatic carbocycles. The van der Waals surface area contributed by atoms with Gasteiger partial charge in [-0.15, -0.1) is 0 Å². The molecule has 1 aliphatic carbocycles. The van der Waals surface area contributed by atoms with Crippen molar-refractivity contribution in [3.8, 4) is 11.4 Å². The van der Waals surface area contributed by atoms with Crippen LogP contribution in [0.5, 0.6) is 0 Å². The molecule has 0 N–H and O–H groups in total. The number of aromatic nitrogens is 2. The maximum atomic E-state index is 13.3. The van der Waals surface area contributed by atoms with E-state index in [9.17, 15) is 18.0 Å². The molecule has 31 heavy (non-hydrogen) atoms. The molecule has 0 bridgehead atoms. The molecule has 1 aromatic heterocycles. The number of hydrogen-bond acceptors (Lipinski definition) is 4. The van der Waals surface area contributed by atoms with Gasteiger partial charge < -0.3 is 9.42 Å². The van der Waals surface area contributed by atoms with Gasteiger partial charge >= 0.3 is 6.18 Å². The van der Waals surface area contributed by atoms with Crippen LogP contribution in [0.2, 0.25) is 5.02 Å². The van der Waals surface area contributed by atoms with Gasteiger partial charge in [0.15, 0.2) is 0 Å². The number of carbonyl (C=O) groups excluding carboxylic acids is 1. The van der Waals surface area contributed by atoms with Crippen molar-refractivity contribution < 1.29 is 22.5 Å². The summed E-state index contributed by atoms with van der Waals surface area (Å²) in [4.78, 5) is 18.6. The standard InChI is InChI=1S/C22H19ClF3N3O2/c23-16-7-5-14(6-8-16)21-27-19(31-28-21)11-12-20(30)29(17-9-10-17)13-15-3-1-2-4-18(15)22(24,25)26/h1-8,17H,9-13H2. The van der Waals surface area contributed by atoms with Crippen molar-refractivity contribution >= 4 is 17.5 Å². The molecular formula is C22H19ClF3N3O2. The smallest absolute Gasteiger partial charge is 0.339 e. The monoisotopic (exact) mass is 449 g/mol. The van der Waals surface area contributed by atoms with Gasteiger partial charge in [0.1, 0.15) is 0 Å². The quantitative estimate of drug-likeness (QED) is 0.475. The van der Waals surface area contributed by atoms with Crippen LogP contribution in [0.4, 0.5) is 13.2 Å². The molecule has 0 aliphatic heterocycles. The lowest BCUT2D eigenvalue weighted by Crippen LogP contribution is -2.33. The van der Waals surface area contributed by atoms with Gasteiger partial charge in [0.05, 0.1) is 5.56 Å². The Kier molecular flexibility index (Phi) is 6.00. The first kappa shape index (κ1) is 21.4. The Hall–Kier alpha value is -2.87. The number of amides is 1. The summed E-state index contributed by atoms with van der Waals surface area (Å²) in [6, 6.07) is 12.3. The SMILES string of the molecule is O=C(CCc1nc(-c2ccc(Cl)cc2)no1)N(Cc1ccccc1C(F)(F)F)C1CC1. The predicted octanol–water partition coefficient (Wildman–Crippen LogP) is 5.53. The van der Waals surface area contributed by atoms with Crippen molar-refractivity contribution in [3.05, 3.63) is 70.6 Å². The van der Waals surface area contributed by atoms with Gasteiger partial charge in [-0.25, -0.2) is 0 Å². The van der Waals surface area contributed by atoms with Crippen molar-refractivity contribution in [1.29, 1.82) is 0 Å². The van der Waals surface area contributed by atoms with Gasteiger partial charge in [-0.05, 0) is 48.7 Å². The minimum Gasteiger partial charge on any atom is -0.339 e. The molecule has 162 valence electrons. The maximum absolute atomic E-state index is 13.3. The zero-order chi connectivity index (χ0) is 22.0. The van der Waals surface area contributed by atoms with E-state index in [4.69, 9.17) is 16.1 Å². The van der Waals surface area contributed by atoms with Crippen LogP contribution in [0.15, 0.2) is 53.1 Å². The highest BCUT2D eigenvalue weighted by Crippen LogP contribution is 2.35. The molecule has 0 atom stereocenters. The molecule has 0 spiro atoms.